The van der Waals surface area contributed by atoms with Crippen molar-refractivity contribution in [2.24, 2.45) is 0 Å². The van der Waals surface area contributed by atoms with Gasteiger partial charge in [-0.05, 0) is 80.9 Å². The quantitative estimate of drug-likeness (QED) is 0.0157. The van der Waals surface area contributed by atoms with Gasteiger partial charge in [-0.3, -0.25) is 33.6 Å². The van der Waals surface area contributed by atoms with Gasteiger partial charge in [-0.1, -0.05) is 156 Å². The fourth-order valence-electron chi connectivity index (χ4n) is 9.73. The Hall–Kier alpha value is -8.36. The molecule has 7 amide bonds. The van der Waals surface area contributed by atoms with E-state index in [1.807, 2.05) is 91.0 Å². The number of rotatable bonds is 60. The minimum absolute atomic E-state index is 0.0255. The van der Waals surface area contributed by atoms with E-state index in [4.69, 9.17) is 42.6 Å². The van der Waals surface area contributed by atoms with E-state index in [2.05, 4.69) is 44.1 Å². The fourth-order valence-corrected chi connectivity index (χ4v) is 9.73. The number of unbranched alkanes of at least 4 members (excludes halogenated alkanes) is 12. The molecule has 0 atom stereocenters. The molecule has 0 radical (unpaired) electrons. The van der Waals surface area contributed by atoms with Crippen LogP contribution in [-0.4, -0.2) is 164 Å². The van der Waals surface area contributed by atoms with Crippen molar-refractivity contribution in [3.05, 3.63) is 108 Å². The van der Waals surface area contributed by atoms with Crippen LogP contribution in [0.15, 0.2) is 91.0 Å². The van der Waals surface area contributed by atoms with Gasteiger partial charge in [-0.2, -0.15) is 0 Å². The van der Waals surface area contributed by atoms with Crippen LogP contribution in [0.2, 0.25) is 0 Å². The molecule has 558 valence electrons. The number of carbonyl (C=O) groups excluding carboxylic acids is 10. The summed E-state index contributed by atoms with van der Waals surface area (Å²) in [5, 5.41) is 20.1. The maximum absolute atomic E-state index is 13.8. The molecule has 3 rings (SSSR count). The lowest BCUT2D eigenvalue weighted by molar-refractivity contribution is -0.130. The predicted molar refractivity (Wildman–Crippen MR) is 375 cm³/mol. The molecule has 7 N–H and O–H groups in total. The van der Waals surface area contributed by atoms with Crippen LogP contribution in [0.25, 0.3) is 0 Å². The summed E-state index contributed by atoms with van der Waals surface area (Å²) in [6.45, 7) is 4.20. The van der Waals surface area contributed by atoms with E-state index in [0.717, 1.165) is 42.4 Å². The average Bonchev–Trinajstić information content (AvgIpc) is 0.864. The molecule has 0 aromatic heterocycles. The number of carbonyl (C=O) groups is 10. The van der Waals surface area contributed by atoms with Crippen LogP contribution >= 0.6 is 0 Å². The molecule has 26 heteroatoms. The van der Waals surface area contributed by atoms with Crippen molar-refractivity contribution in [2.45, 2.75) is 199 Å². The van der Waals surface area contributed by atoms with Crippen molar-refractivity contribution in [2.75, 3.05) is 98.7 Å². The van der Waals surface area contributed by atoms with Crippen LogP contribution in [0, 0.1) is 0 Å². The Morgan fingerprint density at radius 1 is 0.280 bits per heavy atom. The Balaban J connectivity index is 1.47. The number of ether oxygens (including phenoxy) is 9. The van der Waals surface area contributed by atoms with Crippen molar-refractivity contribution in [1.29, 1.82) is 0 Å². The van der Waals surface area contributed by atoms with E-state index in [9.17, 15) is 47.9 Å². The summed E-state index contributed by atoms with van der Waals surface area (Å²) in [5.74, 6) is -1.66. The van der Waals surface area contributed by atoms with Gasteiger partial charge in [-0.15, -0.1) is 0 Å². The average molecular weight is 1400 g/mol. The summed E-state index contributed by atoms with van der Waals surface area (Å²) in [4.78, 5) is 126. The first-order valence-electron chi connectivity index (χ1n) is 35.9. The Labute approximate surface area is 590 Å². The van der Waals surface area contributed by atoms with Crippen LogP contribution in [0.3, 0.4) is 0 Å². The second-order valence-electron chi connectivity index (χ2n) is 24.3. The summed E-state index contributed by atoms with van der Waals surface area (Å²) in [7, 11) is 0. The van der Waals surface area contributed by atoms with Gasteiger partial charge in [0.1, 0.15) is 25.4 Å². The maximum atomic E-state index is 13.8. The van der Waals surface area contributed by atoms with E-state index < -0.39 is 24.0 Å². The molecule has 0 bridgehead atoms. The second kappa shape index (κ2) is 58.4. The highest BCUT2D eigenvalue weighted by molar-refractivity contribution is 5.78. The topological polar surface area (TPSA) is 338 Å². The van der Waals surface area contributed by atoms with Gasteiger partial charge in [-0.25, -0.2) is 14.4 Å². The SMILES string of the molecule is CCCCCCCCCCCCC(=O)NC(COCCC(=O)NCCCNC(=O)CCCCOC(=O)OCc1ccccc1)(COCCC(=O)NCCCNC(=O)CCCCOC(=O)OCc1ccccc1)COCCC(=O)NCCCNC(=O)CCCCOC(=O)OCc1ccccc1. The Kier molecular flexibility index (Phi) is 50.2. The maximum Gasteiger partial charge on any atom is 0.508 e. The molecule has 3 aromatic rings. The van der Waals surface area contributed by atoms with Gasteiger partial charge in [0.2, 0.25) is 41.4 Å². The summed E-state index contributed by atoms with van der Waals surface area (Å²) >= 11 is 0. The highest BCUT2D eigenvalue weighted by Crippen LogP contribution is 2.15. The number of hydrogen-bond acceptors (Lipinski definition) is 19. The summed E-state index contributed by atoms with van der Waals surface area (Å²) < 4.78 is 48.9. The summed E-state index contributed by atoms with van der Waals surface area (Å²) in [6, 6.07) is 27.7. The largest absolute Gasteiger partial charge is 0.508 e. The number of amides is 7. The third-order valence-electron chi connectivity index (χ3n) is 15.4. The van der Waals surface area contributed by atoms with Crippen molar-refractivity contribution >= 4 is 59.8 Å². The zero-order chi connectivity index (χ0) is 72.0. The second-order valence-corrected chi connectivity index (χ2v) is 24.3. The first-order chi connectivity index (χ1) is 48.7. The lowest BCUT2D eigenvalue weighted by atomic mass is 10.0. The first kappa shape index (κ1) is 85.9. The zero-order valence-corrected chi connectivity index (χ0v) is 59.0. The van der Waals surface area contributed by atoms with Crippen molar-refractivity contribution in [3.63, 3.8) is 0 Å². The molecule has 0 spiro atoms. The summed E-state index contributed by atoms with van der Waals surface area (Å²) in [5.41, 5.74) is 1.22. The van der Waals surface area contributed by atoms with Crippen LogP contribution in [0.5, 0.6) is 0 Å². The van der Waals surface area contributed by atoms with Gasteiger partial charge in [0.15, 0.2) is 0 Å². The van der Waals surface area contributed by atoms with Gasteiger partial charge in [0.05, 0.1) is 59.5 Å². The standard InChI is InChI=1S/C74H113N7O19/c1-2-3-4-5-6-7-8-9-10-20-39-70(88)81-74(58-92-52-40-67(85)78-46-27-43-75-64(82)36-21-24-49-95-71(89)98-55-61-30-14-11-15-31-61,59-93-53-41-68(86)79-47-28-44-76-65(83)37-22-25-50-96-72(90)99-56-62-32-16-12-17-33-62)60-94-54-42-69(87)80-48-29-45-77-66(84)38-23-26-51-97-73(91)100-57-63-34-18-13-19-35-63/h11-19,30-35H,2-10,20-29,36-60H2,1H3,(H,75,82)(H,76,83)(H,77,84)(H,78,85)(H,79,86)(H,80,87)(H,81,88). The molecule has 26 nitrogen and oxygen atoms in total. The fraction of sp³-hybridized carbons (Fsp3) is 0.622. The highest BCUT2D eigenvalue weighted by Gasteiger charge is 2.34. The van der Waals surface area contributed by atoms with Crippen molar-refractivity contribution < 1.29 is 90.6 Å². The minimum atomic E-state index is -1.31. The van der Waals surface area contributed by atoms with E-state index in [1.54, 1.807) is 0 Å². The molecular weight excluding hydrogens is 1290 g/mol. The zero-order valence-electron chi connectivity index (χ0n) is 59.0. The van der Waals surface area contributed by atoms with E-state index >= 15 is 0 Å². The van der Waals surface area contributed by atoms with Crippen molar-refractivity contribution in [3.8, 4) is 0 Å². The van der Waals surface area contributed by atoms with Crippen molar-refractivity contribution in [1.82, 2.24) is 37.2 Å². The third-order valence-corrected chi connectivity index (χ3v) is 15.4. The van der Waals surface area contributed by atoms with E-state index in [1.165, 1.54) is 32.1 Å². The Morgan fingerprint density at radius 3 is 0.840 bits per heavy atom. The van der Waals surface area contributed by atoms with Gasteiger partial charge in [0, 0.05) is 84.2 Å². The Bertz CT molecular complexity index is 2460. The molecule has 0 saturated carbocycles. The molecular formula is C74H113N7O19. The summed E-state index contributed by atoms with van der Waals surface area (Å²) in [6.07, 6.45) is 13.8. The van der Waals surface area contributed by atoms with Gasteiger partial charge < -0.3 is 79.8 Å². The number of hydrogen-bond donors (Lipinski definition) is 7. The van der Waals surface area contributed by atoms with Gasteiger partial charge >= 0.3 is 18.5 Å². The Morgan fingerprint density at radius 2 is 0.540 bits per heavy atom. The molecule has 0 saturated heterocycles. The molecule has 100 heavy (non-hydrogen) atoms. The molecule has 0 aliphatic heterocycles. The highest BCUT2D eigenvalue weighted by atomic mass is 16.7. The minimum Gasteiger partial charge on any atom is -0.434 e. The predicted octanol–water partition coefficient (Wildman–Crippen LogP) is 9.81. The van der Waals surface area contributed by atoms with Crippen LogP contribution in [0.4, 0.5) is 14.4 Å². The molecule has 0 heterocycles. The van der Waals surface area contributed by atoms with E-state index in [-0.39, 0.29) is 166 Å². The smallest absolute Gasteiger partial charge is 0.434 e. The first-order valence-corrected chi connectivity index (χ1v) is 35.9. The van der Waals surface area contributed by atoms with Crippen LogP contribution in [-0.2, 0) is 96.0 Å². The monoisotopic (exact) mass is 1400 g/mol. The van der Waals surface area contributed by atoms with E-state index in [0.29, 0.717) is 103 Å². The molecule has 0 aliphatic carbocycles. The van der Waals surface area contributed by atoms with Crippen LogP contribution in [0.1, 0.15) is 191 Å². The van der Waals surface area contributed by atoms with Gasteiger partial charge in [0.25, 0.3) is 0 Å². The lowest BCUT2D eigenvalue weighted by Crippen LogP contribution is -2.58. The normalized spacial score (nSPS) is 10.9. The molecule has 0 unspecified atom stereocenters. The molecule has 0 fully saturated rings. The third kappa shape index (κ3) is 49.2. The molecule has 0 aliphatic rings. The number of benzene rings is 3. The van der Waals surface area contributed by atoms with Crippen LogP contribution < -0.4 is 37.2 Å². The number of nitrogens with one attached hydrogen (secondary N) is 7. The lowest BCUT2D eigenvalue weighted by Gasteiger charge is -2.34. The molecule has 3 aromatic carbocycles.